The van der Waals surface area contributed by atoms with Crippen molar-refractivity contribution in [2.75, 3.05) is 13.6 Å². The largest absolute Gasteiger partial charge is 0.508 e. The SMILES string of the molecule is CNCC[C@@H](Oc1ccc(O)cc1C)c1ccccc1. The Hall–Kier alpha value is -2.00. The van der Waals surface area contributed by atoms with Crippen LogP contribution in [0.2, 0.25) is 0 Å². The molecule has 0 radical (unpaired) electrons. The fourth-order valence-corrected chi connectivity index (χ4v) is 2.16. The van der Waals surface area contributed by atoms with Crippen molar-refractivity contribution in [2.24, 2.45) is 0 Å². The van der Waals surface area contributed by atoms with Crippen molar-refractivity contribution < 1.29 is 9.84 Å². The van der Waals surface area contributed by atoms with Gasteiger partial charge in [0.1, 0.15) is 17.6 Å². The number of aromatic hydroxyl groups is 1. The molecule has 0 heterocycles. The maximum absolute atomic E-state index is 9.46. The first kappa shape index (κ1) is 14.4. The average molecular weight is 271 g/mol. The van der Waals surface area contributed by atoms with Gasteiger partial charge in [0.25, 0.3) is 0 Å². The Bertz CT molecular complexity index is 540. The van der Waals surface area contributed by atoms with Gasteiger partial charge in [-0.05, 0) is 49.8 Å². The summed E-state index contributed by atoms with van der Waals surface area (Å²) in [4.78, 5) is 0. The van der Waals surface area contributed by atoms with Crippen molar-refractivity contribution in [3.63, 3.8) is 0 Å². The third-order valence-corrected chi connectivity index (χ3v) is 3.26. The summed E-state index contributed by atoms with van der Waals surface area (Å²) in [5.41, 5.74) is 2.10. The molecule has 0 bridgehead atoms. The molecule has 3 nitrogen and oxygen atoms in total. The van der Waals surface area contributed by atoms with Crippen LogP contribution in [0, 0.1) is 6.92 Å². The lowest BCUT2D eigenvalue weighted by atomic mass is 10.1. The van der Waals surface area contributed by atoms with Crippen LogP contribution in [0.3, 0.4) is 0 Å². The molecule has 0 aromatic heterocycles. The number of rotatable bonds is 6. The molecule has 0 unspecified atom stereocenters. The van der Waals surface area contributed by atoms with Crippen molar-refractivity contribution in [1.29, 1.82) is 0 Å². The molecule has 2 aromatic rings. The standard InChI is InChI=1S/C17H21NO2/c1-13-12-15(19)8-9-16(13)20-17(10-11-18-2)14-6-4-3-5-7-14/h3-9,12,17-19H,10-11H2,1-2H3/t17-/m1/s1. The molecule has 0 amide bonds. The summed E-state index contributed by atoms with van der Waals surface area (Å²) in [6.07, 6.45) is 0.896. The van der Waals surface area contributed by atoms with Crippen molar-refractivity contribution in [1.82, 2.24) is 5.32 Å². The first-order valence-electron chi connectivity index (χ1n) is 6.86. The third kappa shape index (κ3) is 3.75. The van der Waals surface area contributed by atoms with Gasteiger partial charge in [-0.2, -0.15) is 0 Å². The first-order valence-corrected chi connectivity index (χ1v) is 6.86. The molecule has 2 rings (SSSR count). The summed E-state index contributed by atoms with van der Waals surface area (Å²) in [5.74, 6) is 1.08. The van der Waals surface area contributed by atoms with E-state index in [0.29, 0.717) is 0 Å². The number of aryl methyl sites for hydroxylation is 1. The fraction of sp³-hybridized carbons (Fsp3) is 0.294. The molecule has 0 saturated heterocycles. The molecule has 2 N–H and O–H groups in total. The van der Waals surface area contributed by atoms with Crippen LogP contribution in [0.5, 0.6) is 11.5 Å². The summed E-state index contributed by atoms with van der Waals surface area (Å²) in [6, 6.07) is 15.4. The second kappa shape index (κ2) is 6.96. The van der Waals surface area contributed by atoms with E-state index in [0.717, 1.165) is 29.8 Å². The lowest BCUT2D eigenvalue weighted by molar-refractivity contribution is 0.193. The van der Waals surface area contributed by atoms with E-state index in [1.165, 1.54) is 0 Å². The zero-order valence-corrected chi connectivity index (χ0v) is 12.0. The van der Waals surface area contributed by atoms with Crippen LogP contribution in [0.4, 0.5) is 0 Å². The highest BCUT2D eigenvalue weighted by atomic mass is 16.5. The second-order valence-corrected chi connectivity index (χ2v) is 4.86. The summed E-state index contributed by atoms with van der Waals surface area (Å²) < 4.78 is 6.14. The Labute approximate surface area is 120 Å². The highest BCUT2D eigenvalue weighted by Gasteiger charge is 2.14. The van der Waals surface area contributed by atoms with E-state index in [2.05, 4.69) is 17.4 Å². The molecule has 2 aromatic carbocycles. The van der Waals surface area contributed by atoms with Crippen LogP contribution in [0.25, 0.3) is 0 Å². The van der Waals surface area contributed by atoms with Crippen LogP contribution in [-0.4, -0.2) is 18.7 Å². The van der Waals surface area contributed by atoms with E-state index >= 15 is 0 Å². The third-order valence-electron chi connectivity index (χ3n) is 3.26. The maximum Gasteiger partial charge on any atom is 0.125 e. The van der Waals surface area contributed by atoms with Gasteiger partial charge in [-0.3, -0.25) is 0 Å². The summed E-state index contributed by atoms with van der Waals surface area (Å²) in [7, 11) is 1.94. The van der Waals surface area contributed by atoms with Gasteiger partial charge in [-0.25, -0.2) is 0 Å². The molecule has 106 valence electrons. The van der Waals surface area contributed by atoms with E-state index in [4.69, 9.17) is 4.74 Å². The molecule has 1 atom stereocenters. The zero-order valence-electron chi connectivity index (χ0n) is 12.0. The van der Waals surface area contributed by atoms with E-state index in [-0.39, 0.29) is 11.9 Å². The number of hydrogen-bond donors (Lipinski definition) is 2. The molecule has 0 aliphatic carbocycles. The van der Waals surface area contributed by atoms with Crippen LogP contribution >= 0.6 is 0 Å². The van der Waals surface area contributed by atoms with Crippen LogP contribution in [-0.2, 0) is 0 Å². The Balaban J connectivity index is 2.19. The number of nitrogens with one attached hydrogen (secondary N) is 1. The van der Waals surface area contributed by atoms with Gasteiger partial charge in [0.15, 0.2) is 0 Å². The minimum atomic E-state index is 0.00638. The normalized spacial score (nSPS) is 12.1. The number of phenolic OH excluding ortho intramolecular Hbond substituents is 1. The molecular weight excluding hydrogens is 250 g/mol. The summed E-state index contributed by atoms with van der Waals surface area (Å²) in [5, 5.41) is 12.6. The topological polar surface area (TPSA) is 41.5 Å². The predicted octanol–water partition coefficient (Wildman–Crippen LogP) is 3.43. The predicted molar refractivity (Wildman–Crippen MR) is 81.2 cm³/mol. The van der Waals surface area contributed by atoms with Gasteiger partial charge < -0.3 is 15.2 Å². The average Bonchev–Trinajstić information content (AvgIpc) is 2.46. The molecule has 0 saturated carbocycles. The quantitative estimate of drug-likeness (QED) is 0.845. The van der Waals surface area contributed by atoms with E-state index in [9.17, 15) is 5.11 Å². The van der Waals surface area contributed by atoms with Gasteiger partial charge in [0, 0.05) is 6.42 Å². The molecule has 3 heteroatoms. The Kier molecular flexibility index (Phi) is 5.02. The molecule has 0 fully saturated rings. The minimum Gasteiger partial charge on any atom is -0.508 e. The summed E-state index contributed by atoms with van der Waals surface area (Å²) >= 11 is 0. The van der Waals surface area contributed by atoms with Gasteiger partial charge in [-0.1, -0.05) is 30.3 Å². The van der Waals surface area contributed by atoms with E-state index in [1.807, 2.05) is 38.2 Å². The van der Waals surface area contributed by atoms with Crippen molar-refractivity contribution in [3.8, 4) is 11.5 Å². The Morgan fingerprint density at radius 3 is 2.55 bits per heavy atom. The van der Waals surface area contributed by atoms with Gasteiger partial charge in [0.05, 0.1) is 0 Å². The smallest absolute Gasteiger partial charge is 0.125 e. The highest BCUT2D eigenvalue weighted by Crippen LogP contribution is 2.29. The number of phenols is 1. The van der Waals surface area contributed by atoms with E-state index < -0.39 is 0 Å². The minimum absolute atomic E-state index is 0.00638. The zero-order chi connectivity index (χ0) is 14.4. The second-order valence-electron chi connectivity index (χ2n) is 4.86. The maximum atomic E-state index is 9.46. The van der Waals surface area contributed by atoms with Crippen LogP contribution in [0.1, 0.15) is 23.7 Å². The summed E-state index contributed by atoms with van der Waals surface area (Å²) in [6.45, 7) is 2.83. The van der Waals surface area contributed by atoms with Crippen molar-refractivity contribution >= 4 is 0 Å². The Morgan fingerprint density at radius 1 is 1.15 bits per heavy atom. The van der Waals surface area contributed by atoms with Gasteiger partial charge >= 0.3 is 0 Å². The van der Waals surface area contributed by atoms with E-state index in [1.54, 1.807) is 12.1 Å². The molecular formula is C17H21NO2. The lowest BCUT2D eigenvalue weighted by Crippen LogP contribution is -2.16. The van der Waals surface area contributed by atoms with Crippen LogP contribution < -0.4 is 10.1 Å². The number of benzene rings is 2. The lowest BCUT2D eigenvalue weighted by Gasteiger charge is -2.21. The Morgan fingerprint density at radius 2 is 1.90 bits per heavy atom. The van der Waals surface area contributed by atoms with Crippen molar-refractivity contribution in [3.05, 3.63) is 59.7 Å². The molecule has 0 aliphatic heterocycles. The number of ether oxygens (including phenoxy) is 1. The monoisotopic (exact) mass is 271 g/mol. The van der Waals surface area contributed by atoms with Gasteiger partial charge in [0.2, 0.25) is 0 Å². The highest BCUT2D eigenvalue weighted by molar-refractivity contribution is 5.39. The van der Waals surface area contributed by atoms with Gasteiger partial charge in [-0.15, -0.1) is 0 Å². The van der Waals surface area contributed by atoms with Crippen LogP contribution in [0.15, 0.2) is 48.5 Å². The number of hydrogen-bond acceptors (Lipinski definition) is 3. The first-order chi connectivity index (χ1) is 9.70. The van der Waals surface area contributed by atoms with Crippen molar-refractivity contribution in [2.45, 2.75) is 19.4 Å². The molecule has 0 aliphatic rings. The molecule has 20 heavy (non-hydrogen) atoms. The fourth-order valence-electron chi connectivity index (χ4n) is 2.16. The molecule has 0 spiro atoms.